The molecule has 0 radical (unpaired) electrons. The van der Waals surface area contributed by atoms with Crippen LogP contribution in [0.4, 0.5) is 4.79 Å². The number of amides is 1. The van der Waals surface area contributed by atoms with Crippen LogP contribution in [0.1, 0.15) is 45.1 Å². The van der Waals surface area contributed by atoms with Gasteiger partial charge in [0.15, 0.2) is 5.58 Å². The van der Waals surface area contributed by atoms with Gasteiger partial charge in [0.1, 0.15) is 5.60 Å². The van der Waals surface area contributed by atoms with Crippen molar-refractivity contribution in [1.29, 1.82) is 0 Å². The lowest BCUT2D eigenvalue weighted by molar-refractivity contribution is 0.0198. The van der Waals surface area contributed by atoms with E-state index in [0.717, 1.165) is 18.4 Å². The Bertz CT molecular complexity index is 769. The molecular formula is C17H22N2O4. The van der Waals surface area contributed by atoms with Gasteiger partial charge in [-0.05, 0) is 51.3 Å². The summed E-state index contributed by atoms with van der Waals surface area (Å²) in [5, 5.41) is 0. The summed E-state index contributed by atoms with van der Waals surface area (Å²) in [5.74, 6) is -0.225. The number of H-pyrrole nitrogens is 1. The van der Waals surface area contributed by atoms with Gasteiger partial charge in [-0.2, -0.15) is 0 Å². The second-order valence-corrected chi connectivity index (χ2v) is 7.04. The summed E-state index contributed by atoms with van der Waals surface area (Å²) < 4.78 is 10.6. The molecule has 0 saturated carbocycles. The number of benzene rings is 1. The number of hydrogen-bond donors (Lipinski definition) is 1. The van der Waals surface area contributed by atoms with Crippen molar-refractivity contribution in [1.82, 2.24) is 9.88 Å². The molecule has 6 heteroatoms. The van der Waals surface area contributed by atoms with Gasteiger partial charge in [-0.3, -0.25) is 4.98 Å². The number of rotatable bonds is 1. The minimum absolute atomic E-state index is 0.223. The Morgan fingerprint density at radius 3 is 2.91 bits per heavy atom. The molecule has 124 valence electrons. The highest BCUT2D eigenvalue weighted by molar-refractivity contribution is 5.73. The van der Waals surface area contributed by atoms with Crippen LogP contribution in [0, 0.1) is 0 Å². The van der Waals surface area contributed by atoms with E-state index in [-0.39, 0.29) is 12.0 Å². The predicted molar refractivity (Wildman–Crippen MR) is 86.6 cm³/mol. The number of aromatic amines is 1. The molecule has 1 saturated heterocycles. The Hall–Kier alpha value is -2.24. The maximum atomic E-state index is 12.2. The lowest BCUT2D eigenvalue weighted by Gasteiger charge is -2.34. The van der Waals surface area contributed by atoms with Crippen LogP contribution in [0.5, 0.6) is 0 Å². The van der Waals surface area contributed by atoms with Gasteiger partial charge < -0.3 is 14.1 Å². The van der Waals surface area contributed by atoms with Gasteiger partial charge in [0.2, 0.25) is 0 Å². The number of oxazole rings is 1. The molecule has 1 aliphatic heterocycles. The Morgan fingerprint density at radius 2 is 2.17 bits per heavy atom. The van der Waals surface area contributed by atoms with Gasteiger partial charge in [0, 0.05) is 19.0 Å². The smallest absolute Gasteiger partial charge is 0.417 e. The van der Waals surface area contributed by atoms with Crippen molar-refractivity contribution in [3.63, 3.8) is 0 Å². The number of likely N-dealkylation sites (tertiary alicyclic amines) is 1. The van der Waals surface area contributed by atoms with Crippen LogP contribution in [-0.4, -0.2) is 34.7 Å². The van der Waals surface area contributed by atoms with Crippen molar-refractivity contribution in [2.45, 2.75) is 45.1 Å². The van der Waals surface area contributed by atoms with Gasteiger partial charge in [0.05, 0.1) is 5.52 Å². The van der Waals surface area contributed by atoms with E-state index in [1.165, 1.54) is 0 Å². The first-order valence-corrected chi connectivity index (χ1v) is 7.92. The zero-order chi connectivity index (χ0) is 16.6. The zero-order valence-corrected chi connectivity index (χ0v) is 13.7. The molecular weight excluding hydrogens is 296 g/mol. The molecule has 0 aliphatic carbocycles. The molecule has 23 heavy (non-hydrogen) atoms. The molecule has 2 heterocycles. The normalized spacial score (nSPS) is 19.1. The average molecular weight is 318 g/mol. The van der Waals surface area contributed by atoms with Gasteiger partial charge in [0.25, 0.3) is 0 Å². The number of carbonyl (C=O) groups excluding carboxylic acids is 1. The van der Waals surface area contributed by atoms with Crippen LogP contribution in [0.3, 0.4) is 0 Å². The number of nitrogens with one attached hydrogen (secondary N) is 1. The number of ether oxygens (including phenoxy) is 1. The molecule has 0 bridgehead atoms. The first-order valence-electron chi connectivity index (χ1n) is 7.92. The molecule has 1 fully saturated rings. The molecule has 1 aromatic carbocycles. The van der Waals surface area contributed by atoms with Gasteiger partial charge >= 0.3 is 11.8 Å². The number of nitrogens with zero attached hydrogens (tertiary/aromatic N) is 1. The number of aromatic nitrogens is 1. The van der Waals surface area contributed by atoms with Crippen molar-refractivity contribution in [3.8, 4) is 0 Å². The lowest BCUT2D eigenvalue weighted by atomic mass is 9.90. The van der Waals surface area contributed by atoms with E-state index in [9.17, 15) is 9.59 Å². The number of piperidine rings is 1. The van der Waals surface area contributed by atoms with Crippen LogP contribution in [0.25, 0.3) is 11.1 Å². The molecule has 0 spiro atoms. The van der Waals surface area contributed by atoms with E-state index in [0.29, 0.717) is 24.2 Å². The largest absolute Gasteiger partial charge is 0.444 e. The summed E-state index contributed by atoms with van der Waals surface area (Å²) in [6.07, 6.45) is 1.66. The van der Waals surface area contributed by atoms with Crippen LogP contribution < -0.4 is 5.76 Å². The van der Waals surface area contributed by atoms with E-state index in [2.05, 4.69) is 4.98 Å². The summed E-state index contributed by atoms with van der Waals surface area (Å²) in [6, 6.07) is 5.72. The minimum atomic E-state index is -0.489. The molecule has 1 N–H and O–H groups in total. The number of carbonyl (C=O) groups is 1. The summed E-state index contributed by atoms with van der Waals surface area (Å²) in [5.41, 5.74) is 1.84. The lowest BCUT2D eigenvalue weighted by Crippen LogP contribution is -2.42. The summed E-state index contributed by atoms with van der Waals surface area (Å²) >= 11 is 0. The molecule has 2 aromatic rings. The van der Waals surface area contributed by atoms with Crippen LogP contribution in [-0.2, 0) is 4.74 Å². The SMILES string of the molecule is CC(C)(C)OC(=O)N1CCCC(c2ccc3[nH]c(=O)oc3c2)C1. The highest BCUT2D eigenvalue weighted by Gasteiger charge is 2.28. The first-order chi connectivity index (χ1) is 10.8. The van der Waals surface area contributed by atoms with E-state index in [4.69, 9.17) is 9.15 Å². The van der Waals surface area contributed by atoms with Crippen molar-refractivity contribution < 1.29 is 13.9 Å². The van der Waals surface area contributed by atoms with E-state index < -0.39 is 11.4 Å². The zero-order valence-electron chi connectivity index (χ0n) is 13.7. The molecule has 1 aliphatic rings. The van der Waals surface area contributed by atoms with Crippen LogP contribution in [0.2, 0.25) is 0 Å². The molecule has 1 amide bonds. The van der Waals surface area contributed by atoms with Crippen LogP contribution in [0.15, 0.2) is 27.4 Å². The van der Waals surface area contributed by atoms with E-state index >= 15 is 0 Å². The van der Waals surface area contributed by atoms with E-state index in [1.54, 1.807) is 4.90 Å². The first kappa shape index (κ1) is 15.6. The average Bonchev–Trinajstić information content (AvgIpc) is 2.84. The fraction of sp³-hybridized carbons (Fsp3) is 0.529. The highest BCUT2D eigenvalue weighted by Crippen LogP contribution is 2.29. The van der Waals surface area contributed by atoms with Crippen molar-refractivity contribution in [3.05, 3.63) is 34.3 Å². The quantitative estimate of drug-likeness (QED) is 0.876. The minimum Gasteiger partial charge on any atom is -0.444 e. The Kier molecular flexibility index (Phi) is 3.92. The van der Waals surface area contributed by atoms with Crippen molar-refractivity contribution in [2.24, 2.45) is 0 Å². The second kappa shape index (κ2) is 5.76. The summed E-state index contributed by atoms with van der Waals surface area (Å²) in [4.78, 5) is 27.9. The Balaban J connectivity index is 1.76. The monoisotopic (exact) mass is 318 g/mol. The Morgan fingerprint density at radius 1 is 1.39 bits per heavy atom. The Labute approximate surface area is 134 Å². The molecule has 1 unspecified atom stereocenters. The molecule has 3 rings (SSSR count). The third-order valence-electron chi connectivity index (χ3n) is 3.99. The number of fused-ring (bicyclic) bond motifs is 1. The van der Waals surface area contributed by atoms with Gasteiger partial charge in [-0.25, -0.2) is 9.59 Å². The molecule has 1 atom stereocenters. The second-order valence-electron chi connectivity index (χ2n) is 7.04. The molecule has 6 nitrogen and oxygen atoms in total. The topological polar surface area (TPSA) is 75.5 Å². The van der Waals surface area contributed by atoms with Gasteiger partial charge in [-0.15, -0.1) is 0 Å². The van der Waals surface area contributed by atoms with Crippen molar-refractivity contribution in [2.75, 3.05) is 13.1 Å². The fourth-order valence-electron chi connectivity index (χ4n) is 2.96. The maximum Gasteiger partial charge on any atom is 0.417 e. The third kappa shape index (κ3) is 3.57. The summed E-state index contributed by atoms with van der Waals surface area (Å²) in [6.45, 7) is 6.94. The summed E-state index contributed by atoms with van der Waals surface area (Å²) in [7, 11) is 0. The number of hydrogen-bond acceptors (Lipinski definition) is 4. The van der Waals surface area contributed by atoms with E-state index in [1.807, 2.05) is 39.0 Å². The van der Waals surface area contributed by atoms with Gasteiger partial charge in [-0.1, -0.05) is 6.07 Å². The fourth-order valence-corrected chi connectivity index (χ4v) is 2.96. The predicted octanol–water partition coefficient (Wildman–Crippen LogP) is 3.24. The molecule has 1 aromatic heterocycles. The van der Waals surface area contributed by atoms with Crippen LogP contribution >= 0.6 is 0 Å². The van der Waals surface area contributed by atoms with Crippen molar-refractivity contribution >= 4 is 17.2 Å². The highest BCUT2D eigenvalue weighted by atomic mass is 16.6. The maximum absolute atomic E-state index is 12.2. The standard InChI is InChI=1S/C17H22N2O4/c1-17(2,3)23-16(21)19-8-4-5-12(10-19)11-6-7-13-14(9-11)22-15(20)18-13/h6-7,9,12H,4-5,8,10H2,1-3H3,(H,18,20). The third-order valence-corrected chi connectivity index (χ3v) is 3.99.